The van der Waals surface area contributed by atoms with Crippen molar-refractivity contribution in [3.05, 3.63) is 35.4 Å². The van der Waals surface area contributed by atoms with Crippen molar-refractivity contribution < 1.29 is 4.79 Å². The summed E-state index contributed by atoms with van der Waals surface area (Å²) in [5, 5.41) is 0.787. The largest absolute Gasteiger partial charge is 0.339 e. The molecule has 0 aliphatic heterocycles. The van der Waals surface area contributed by atoms with E-state index in [0.29, 0.717) is 0 Å². The molecule has 94 valence electrons. The minimum absolute atomic E-state index is 0.142. The monoisotopic (exact) mass is 297 g/mol. The number of nitrogens with zero attached hydrogens (tertiary/aromatic N) is 1. The molecule has 1 rings (SSSR count). The first-order valence-corrected chi connectivity index (χ1v) is 7.29. The molecule has 3 heteroatoms. The van der Waals surface area contributed by atoms with E-state index >= 15 is 0 Å². The first-order chi connectivity index (χ1) is 8.22. The molecule has 0 aliphatic rings. The first-order valence-electron chi connectivity index (χ1n) is 6.17. The summed E-state index contributed by atoms with van der Waals surface area (Å²) in [4.78, 5) is 14.2. The third-order valence-corrected chi connectivity index (χ3v) is 3.43. The van der Waals surface area contributed by atoms with E-state index in [0.717, 1.165) is 42.4 Å². The Kier molecular flexibility index (Phi) is 6.27. The Bertz CT molecular complexity index is 365. The average molecular weight is 298 g/mol. The molecular formula is C14H20BrNO. The predicted octanol–water partition coefficient (Wildman–Crippen LogP) is 3.84. The highest BCUT2D eigenvalue weighted by atomic mass is 79.9. The zero-order valence-corrected chi connectivity index (χ0v) is 12.2. The number of hydrogen-bond acceptors (Lipinski definition) is 1. The van der Waals surface area contributed by atoms with Crippen molar-refractivity contribution in [2.45, 2.75) is 32.0 Å². The van der Waals surface area contributed by atoms with Gasteiger partial charge < -0.3 is 4.90 Å². The Balaban J connectivity index is 2.78. The van der Waals surface area contributed by atoms with Gasteiger partial charge in [0.05, 0.1) is 0 Å². The summed E-state index contributed by atoms with van der Waals surface area (Å²) in [7, 11) is 0. The van der Waals surface area contributed by atoms with Crippen LogP contribution in [0.1, 0.15) is 42.6 Å². The highest BCUT2D eigenvalue weighted by Crippen LogP contribution is 2.11. The molecule has 0 saturated heterocycles. The molecule has 17 heavy (non-hydrogen) atoms. The van der Waals surface area contributed by atoms with Crippen LogP contribution in [-0.4, -0.2) is 23.9 Å². The van der Waals surface area contributed by atoms with Crippen LogP contribution in [-0.2, 0) is 5.33 Å². The van der Waals surface area contributed by atoms with Crippen LogP contribution in [0.5, 0.6) is 0 Å². The van der Waals surface area contributed by atoms with E-state index in [1.807, 2.05) is 36.1 Å². The summed E-state index contributed by atoms with van der Waals surface area (Å²) in [5.74, 6) is 0.142. The lowest BCUT2D eigenvalue weighted by Crippen LogP contribution is -2.31. The highest BCUT2D eigenvalue weighted by Gasteiger charge is 2.13. The van der Waals surface area contributed by atoms with Gasteiger partial charge >= 0.3 is 0 Å². The minimum atomic E-state index is 0.142. The van der Waals surface area contributed by atoms with Crippen molar-refractivity contribution in [3.63, 3.8) is 0 Å². The van der Waals surface area contributed by atoms with Gasteiger partial charge in [-0.2, -0.15) is 0 Å². The van der Waals surface area contributed by atoms with Crippen LogP contribution in [0, 0.1) is 0 Å². The second-order valence-corrected chi connectivity index (χ2v) is 4.63. The van der Waals surface area contributed by atoms with Gasteiger partial charge in [-0.05, 0) is 31.0 Å². The van der Waals surface area contributed by atoms with Crippen LogP contribution < -0.4 is 0 Å². The number of carbonyl (C=O) groups is 1. The Morgan fingerprint density at radius 3 is 2.71 bits per heavy atom. The van der Waals surface area contributed by atoms with E-state index in [4.69, 9.17) is 0 Å². The van der Waals surface area contributed by atoms with Gasteiger partial charge in [0.15, 0.2) is 0 Å². The molecule has 0 aliphatic carbocycles. The zero-order chi connectivity index (χ0) is 12.7. The molecule has 0 atom stereocenters. The number of rotatable bonds is 6. The van der Waals surface area contributed by atoms with Gasteiger partial charge in [-0.25, -0.2) is 0 Å². The van der Waals surface area contributed by atoms with E-state index in [9.17, 15) is 4.79 Å². The highest BCUT2D eigenvalue weighted by molar-refractivity contribution is 9.08. The van der Waals surface area contributed by atoms with Gasteiger partial charge in [-0.1, -0.05) is 41.4 Å². The number of benzene rings is 1. The number of unbranched alkanes of at least 4 members (excludes halogenated alkanes) is 1. The Morgan fingerprint density at radius 2 is 2.12 bits per heavy atom. The average Bonchev–Trinajstić information content (AvgIpc) is 2.39. The van der Waals surface area contributed by atoms with Gasteiger partial charge in [0.1, 0.15) is 0 Å². The molecule has 0 N–H and O–H groups in total. The molecule has 2 nitrogen and oxygen atoms in total. The summed E-state index contributed by atoms with van der Waals surface area (Å²) in [5.41, 5.74) is 1.93. The minimum Gasteiger partial charge on any atom is -0.339 e. The smallest absolute Gasteiger partial charge is 0.253 e. The Morgan fingerprint density at radius 1 is 1.35 bits per heavy atom. The number of amides is 1. The number of alkyl halides is 1. The molecule has 1 aromatic carbocycles. The molecule has 0 unspecified atom stereocenters. The molecule has 1 amide bonds. The Hall–Kier alpha value is -0.830. The predicted molar refractivity (Wildman–Crippen MR) is 75.6 cm³/mol. The van der Waals surface area contributed by atoms with E-state index in [2.05, 4.69) is 22.9 Å². The fourth-order valence-electron chi connectivity index (χ4n) is 1.72. The number of halogens is 1. The second-order valence-electron chi connectivity index (χ2n) is 4.07. The van der Waals surface area contributed by atoms with Crippen LogP contribution in [0.4, 0.5) is 0 Å². The molecule has 0 bridgehead atoms. The fourth-order valence-corrected chi connectivity index (χ4v) is 2.07. The lowest BCUT2D eigenvalue weighted by atomic mass is 10.1. The SMILES string of the molecule is CCCCN(CC)C(=O)c1cccc(CBr)c1. The van der Waals surface area contributed by atoms with Crippen LogP contribution in [0.3, 0.4) is 0 Å². The van der Waals surface area contributed by atoms with Gasteiger partial charge in [0.25, 0.3) is 5.91 Å². The number of carbonyl (C=O) groups excluding carboxylic acids is 1. The maximum absolute atomic E-state index is 12.3. The third-order valence-electron chi connectivity index (χ3n) is 2.78. The van der Waals surface area contributed by atoms with E-state index in [1.54, 1.807) is 0 Å². The van der Waals surface area contributed by atoms with Crippen molar-refractivity contribution >= 4 is 21.8 Å². The molecule has 0 fully saturated rings. The summed E-state index contributed by atoms with van der Waals surface area (Å²) >= 11 is 3.41. The van der Waals surface area contributed by atoms with Crippen molar-refractivity contribution in [2.24, 2.45) is 0 Å². The second kappa shape index (κ2) is 7.49. The van der Waals surface area contributed by atoms with Gasteiger partial charge in [0.2, 0.25) is 0 Å². The molecule has 0 radical (unpaired) electrons. The first kappa shape index (κ1) is 14.2. The van der Waals surface area contributed by atoms with Crippen molar-refractivity contribution in [3.8, 4) is 0 Å². The summed E-state index contributed by atoms with van der Waals surface area (Å²) in [6, 6.07) is 7.82. The molecule has 1 aromatic rings. The molecule has 0 heterocycles. The number of hydrogen-bond donors (Lipinski definition) is 0. The lowest BCUT2D eigenvalue weighted by Gasteiger charge is -2.20. The summed E-state index contributed by atoms with van der Waals surface area (Å²) in [6.07, 6.45) is 2.18. The van der Waals surface area contributed by atoms with Crippen molar-refractivity contribution in [2.75, 3.05) is 13.1 Å². The topological polar surface area (TPSA) is 20.3 Å². The van der Waals surface area contributed by atoms with E-state index in [-0.39, 0.29) is 5.91 Å². The quantitative estimate of drug-likeness (QED) is 0.731. The third kappa shape index (κ3) is 4.15. The van der Waals surface area contributed by atoms with E-state index < -0.39 is 0 Å². The standard InChI is InChI=1S/C14H20BrNO/c1-3-5-9-16(4-2)14(17)13-8-6-7-12(10-13)11-15/h6-8,10H,3-5,9,11H2,1-2H3. The Labute approximate surface area is 112 Å². The normalized spacial score (nSPS) is 10.3. The molecule has 0 aromatic heterocycles. The van der Waals surface area contributed by atoms with Crippen LogP contribution in [0.25, 0.3) is 0 Å². The maximum Gasteiger partial charge on any atom is 0.253 e. The van der Waals surface area contributed by atoms with Gasteiger partial charge in [-0.3, -0.25) is 4.79 Å². The van der Waals surface area contributed by atoms with Crippen LogP contribution in [0.2, 0.25) is 0 Å². The lowest BCUT2D eigenvalue weighted by molar-refractivity contribution is 0.0762. The summed E-state index contributed by atoms with van der Waals surface area (Å²) < 4.78 is 0. The molecule has 0 saturated carbocycles. The van der Waals surface area contributed by atoms with Crippen LogP contribution >= 0.6 is 15.9 Å². The van der Waals surface area contributed by atoms with E-state index in [1.165, 1.54) is 0 Å². The summed E-state index contributed by atoms with van der Waals surface area (Å²) in [6.45, 7) is 5.80. The molecular weight excluding hydrogens is 278 g/mol. The van der Waals surface area contributed by atoms with Crippen LogP contribution in [0.15, 0.2) is 24.3 Å². The molecule has 0 spiro atoms. The fraction of sp³-hybridized carbons (Fsp3) is 0.500. The maximum atomic E-state index is 12.3. The van der Waals surface area contributed by atoms with Crippen molar-refractivity contribution in [1.29, 1.82) is 0 Å². The van der Waals surface area contributed by atoms with Crippen molar-refractivity contribution in [1.82, 2.24) is 4.90 Å². The van der Waals surface area contributed by atoms with Gasteiger partial charge in [-0.15, -0.1) is 0 Å². The zero-order valence-electron chi connectivity index (χ0n) is 10.6. The van der Waals surface area contributed by atoms with Gasteiger partial charge in [0, 0.05) is 24.0 Å².